The second-order valence-electron chi connectivity index (χ2n) is 7.66. The normalized spacial score (nSPS) is 15.8. The molecule has 28 heavy (non-hydrogen) atoms. The van der Waals surface area contributed by atoms with Gasteiger partial charge in [0, 0.05) is 39.8 Å². The van der Waals surface area contributed by atoms with Crippen LogP contribution in [0.5, 0.6) is 0 Å². The zero-order chi connectivity index (χ0) is 20.1. The van der Waals surface area contributed by atoms with Crippen molar-refractivity contribution in [1.82, 2.24) is 15.5 Å². The van der Waals surface area contributed by atoms with E-state index in [2.05, 4.69) is 26.8 Å². The molecule has 1 amide bonds. The molecule has 7 nitrogen and oxygen atoms in total. The van der Waals surface area contributed by atoms with Gasteiger partial charge in [-0.15, -0.1) is 24.0 Å². The van der Waals surface area contributed by atoms with E-state index in [1.165, 1.54) is 5.75 Å². The van der Waals surface area contributed by atoms with Crippen molar-refractivity contribution in [3.05, 3.63) is 0 Å². The lowest BCUT2D eigenvalue weighted by atomic mass is 10.1. The van der Waals surface area contributed by atoms with Crippen LogP contribution >= 0.6 is 35.7 Å². The molecule has 1 fully saturated rings. The molecule has 0 spiro atoms. The van der Waals surface area contributed by atoms with Gasteiger partial charge in [0.05, 0.1) is 6.10 Å². The molecular weight excluding hydrogens is 491 g/mol. The number of nitrogens with zero attached hydrogens (tertiary/aromatic N) is 2. The van der Waals surface area contributed by atoms with Gasteiger partial charge in [-0.3, -0.25) is 4.99 Å². The molecule has 0 bridgehead atoms. The van der Waals surface area contributed by atoms with E-state index < -0.39 is 5.60 Å². The third-order valence-corrected chi connectivity index (χ3v) is 4.80. The van der Waals surface area contributed by atoms with E-state index in [9.17, 15) is 4.79 Å². The van der Waals surface area contributed by atoms with E-state index in [0.717, 1.165) is 51.3 Å². The summed E-state index contributed by atoms with van der Waals surface area (Å²) in [5, 5.41) is 6.21. The second kappa shape index (κ2) is 15.4. The Bertz CT molecular complexity index is 453. The predicted octanol–water partition coefficient (Wildman–Crippen LogP) is 3.33. The fraction of sp³-hybridized carbons (Fsp3) is 0.895. The standard InChI is InChI=1S/C19H38N4O3S.HI/c1-19(2,3)26-18(24)22-10-6-14-25-16-8-12-23(13-9-16)17(20-4)21-11-7-15-27-5;/h16H,6-15H2,1-5H3,(H,20,21)(H,22,24);1H. The summed E-state index contributed by atoms with van der Waals surface area (Å²) in [4.78, 5) is 18.3. The van der Waals surface area contributed by atoms with E-state index >= 15 is 0 Å². The number of halogens is 1. The number of carbonyl (C=O) groups is 1. The summed E-state index contributed by atoms with van der Waals surface area (Å²) < 4.78 is 11.2. The monoisotopic (exact) mass is 530 g/mol. The highest BCUT2D eigenvalue weighted by Crippen LogP contribution is 2.14. The zero-order valence-corrected chi connectivity index (χ0v) is 21.2. The fourth-order valence-electron chi connectivity index (χ4n) is 2.81. The van der Waals surface area contributed by atoms with Gasteiger partial charge in [-0.05, 0) is 58.5 Å². The quantitative estimate of drug-likeness (QED) is 0.206. The molecule has 1 saturated heterocycles. The first-order valence-electron chi connectivity index (χ1n) is 9.88. The number of piperidine rings is 1. The molecule has 0 saturated carbocycles. The van der Waals surface area contributed by atoms with Crippen LogP contribution in [0.15, 0.2) is 4.99 Å². The average molecular weight is 531 g/mol. The molecule has 1 aliphatic rings. The summed E-state index contributed by atoms with van der Waals surface area (Å²) in [5.41, 5.74) is -0.459. The van der Waals surface area contributed by atoms with Crippen LogP contribution < -0.4 is 10.6 Å². The Morgan fingerprint density at radius 2 is 1.82 bits per heavy atom. The van der Waals surface area contributed by atoms with Crippen LogP contribution in [0.4, 0.5) is 4.79 Å². The minimum absolute atomic E-state index is 0. The minimum atomic E-state index is -0.459. The number of thioether (sulfide) groups is 1. The summed E-state index contributed by atoms with van der Waals surface area (Å²) >= 11 is 1.87. The van der Waals surface area contributed by atoms with Crippen LogP contribution in [-0.4, -0.2) is 80.5 Å². The Labute approximate surface area is 192 Å². The molecule has 0 unspecified atom stereocenters. The third-order valence-electron chi connectivity index (χ3n) is 4.10. The smallest absolute Gasteiger partial charge is 0.407 e. The lowest BCUT2D eigenvalue weighted by molar-refractivity contribution is 0.0170. The molecule has 2 N–H and O–H groups in total. The van der Waals surface area contributed by atoms with Crippen LogP contribution in [0.25, 0.3) is 0 Å². The Balaban J connectivity index is 0.00000729. The summed E-state index contributed by atoms with van der Waals surface area (Å²) in [6, 6.07) is 0. The van der Waals surface area contributed by atoms with Crippen LogP contribution in [-0.2, 0) is 9.47 Å². The summed E-state index contributed by atoms with van der Waals surface area (Å²) in [7, 11) is 1.84. The number of amides is 1. The van der Waals surface area contributed by atoms with Gasteiger partial charge >= 0.3 is 6.09 Å². The molecule has 9 heteroatoms. The Hall–Kier alpha value is -0.420. The van der Waals surface area contributed by atoms with E-state index in [1.807, 2.05) is 39.6 Å². The van der Waals surface area contributed by atoms with Crippen molar-refractivity contribution < 1.29 is 14.3 Å². The number of ether oxygens (including phenoxy) is 2. The van der Waals surface area contributed by atoms with Gasteiger partial charge in [0.2, 0.25) is 0 Å². The molecule has 1 heterocycles. The average Bonchev–Trinajstić information content (AvgIpc) is 2.61. The molecule has 0 aromatic carbocycles. The fourth-order valence-corrected chi connectivity index (χ4v) is 3.24. The number of alkyl carbamates (subject to hydrolysis) is 1. The van der Waals surface area contributed by atoms with E-state index in [0.29, 0.717) is 13.2 Å². The first-order chi connectivity index (χ1) is 12.9. The van der Waals surface area contributed by atoms with Crippen LogP contribution in [0.1, 0.15) is 46.5 Å². The first-order valence-corrected chi connectivity index (χ1v) is 11.3. The lowest BCUT2D eigenvalue weighted by Gasteiger charge is -2.34. The number of nitrogens with one attached hydrogen (secondary N) is 2. The number of hydrogen-bond donors (Lipinski definition) is 2. The minimum Gasteiger partial charge on any atom is -0.444 e. The molecule has 0 atom stereocenters. The highest BCUT2D eigenvalue weighted by Gasteiger charge is 2.21. The molecule has 1 aliphatic heterocycles. The maximum atomic E-state index is 11.6. The highest BCUT2D eigenvalue weighted by molar-refractivity contribution is 14.0. The molecule has 0 radical (unpaired) electrons. The van der Waals surface area contributed by atoms with Gasteiger partial charge in [0.15, 0.2) is 5.96 Å². The van der Waals surface area contributed by atoms with Crippen molar-refractivity contribution in [3.63, 3.8) is 0 Å². The second-order valence-corrected chi connectivity index (χ2v) is 8.65. The molecular formula is C19H39IN4O3S. The Morgan fingerprint density at radius 3 is 2.39 bits per heavy atom. The molecule has 1 rings (SSSR count). The predicted molar refractivity (Wildman–Crippen MR) is 129 cm³/mol. The molecule has 166 valence electrons. The Morgan fingerprint density at radius 1 is 1.18 bits per heavy atom. The van der Waals surface area contributed by atoms with Crippen molar-refractivity contribution in [3.8, 4) is 0 Å². The van der Waals surface area contributed by atoms with Gasteiger partial charge < -0.3 is 25.0 Å². The molecule has 0 aliphatic carbocycles. The van der Waals surface area contributed by atoms with Gasteiger partial charge in [-0.2, -0.15) is 11.8 Å². The number of guanidine groups is 1. The number of likely N-dealkylation sites (tertiary alicyclic amines) is 1. The van der Waals surface area contributed by atoms with Crippen molar-refractivity contribution >= 4 is 47.8 Å². The van der Waals surface area contributed by atoms with E-state index in [4.69, 9.17) is 9.47 Å². The number of carbonyl (C=O) groups excluding carboxylic acids is 1. The molecule has 0 aromatic rings. The van der Waals surface area contributed by atoms with Crippen LogP contribution in [0, 0.1) is 0 Å². The zero-order valence-electron chi connectivity index (χ0n) is 18.1. The number of hydrogen-bond acceptors (Lipinski definition) is 5. The maximum Gasteiger partial charge on any atom is 0.407 e. The van der Waals surface area contributed by atoms with Gasteiger partial charge in [-0.25, -0.2) is 4.79 Å². The highest BCUT2D eigenvalue weighted by atomic mass is 127. The van der Waals surface area contributed by atoms with Crippen LogP contribution in [0.3, 0.4) is 0 Å². The van der Waals surface area contributed by atoms with E-state index in [1.54, 1.807) is 0 Å². The van der Waals surface area contributed by atoms with Gasteiger partial charge in [0.25, 0.3) is 0 Å². The van der Waals surface area contributed by atoms with Crippen LogP contribution in [0.2, 0.25) is 0 Å². The van der Waals surface area contributed by atoms with Gasteiger partial charge in [0.1, 0.15) is 5.60 Å². The number of aliphatic imine (C=N–C) groups is 1. The Kier molecular flexibility index (Phi) is 15.2. The summed E-state index contributed by atoms with van der Waals surface area (Å²) in [5.74, 6) is 2.17. The van der Waals surface area contributed by atoms with Crippen molar-refractivity contribution in [2.45, 2.75) is 58.2 Å². The van der Waals surface area contributed by atoms with Crippen molar-refractivity contribution in [2.24, 2.45) is 4.99 Å². The van der Waals surface area contributed by atoms with Gasteiger partial charge in [-0.1, -0.05) is 0 Å². The summed E-state index contributed by atoms with van der Waals surface area (Å²) in [6.45, 7) is 9.69. The SMILES string of the molecule is CN=C(NCCCSC)N1CCC(OCCCNC(=O)OC(C)(C)C)CC1.I. The van der Waals surface area contributed by atoms with Crippen molar-refractivity contribution in [2.75, 3.05) is 51.8 Å². The lowest BCUT2D eigenvalue weighted by Crippen LogP contribution is -2.47. The summed E-state index contributed by atoms with van der Waals surface area (Å²) in [6.07, 6.45) is 6.00. The first kappa shape index (κ1) is 27.6. The molecule has 0 aromatic heterocycles. The third kappa shape index (κ3) is 12.9. The topological polar surface area (TPSA) is 75.2 Å². The van der Waals surface area contributed by atoms with E-state index in [-0.39, 0.29) is 36.2 Å². The largest absolute Gasteiger partial charge is 0.444 e. The maximum absolute atomic E-state index is 11.6. The van der Waals surface area contributed by atoms with Crippen molar-refractivity contribution in [1.29, 1.82) is 0 Å². The number of rotatable bonds is 9.